The number of hydrogen-bond donors (Lipinski definition) is 2. The smallest absolute Gasteiger partial charge is 0.407 e. The molecule has 0 bridgehead atoms. The Labute approximate surface area is 124 Å². The third kappa shape index (κ3) is 4.66. The van der Waals surface area contributed by atoms with Crippen LogP contribution in [0.15, 0.2) is 30.6 Å². The van der Waals surface area contributed by atoms with Gasteiger partial charge >= 0.3 is 6.09 Å². The molecular weight excluding hydrogens is 268 g/mol. The number of rotatable bonds is 5. The molecule has 0 aliphatic carbocycles. The largest absolute Gasteiger partial charge is 0.444 e. The van der Waals surface area contributed by atoms with Gasteiger partial charge in [0.25, 0.3) is 0 Å². The lowest BCUT2D eigenvalue weighted by atomic mass is 10.2. The van der Waals surface area contributed by atoms with Gasteiger partial charge in [-0.1, -0.05) is 6.07 Å². The van der Waals surface area contributed by atoms with Crippen LogP contribution in [0.3, 0.4) is 0 Å². The van der Waals surface area contributed by atoms with E-state index in [-0.39, 0.29) is 6.09 Å². The summed E-state index contributed by atoms with van der Waals surface area (Å²) in [4.78, 5) is 15.7. The number of nitrogens with zero attached hydrogens (tertiary/aromatic N) is 2. The van der Waals surface area contributed by atoms with E-state index in [0.717, 1.165) is 24.4 Å². The standard InChI is InChI=1S/C15H22N4O2/c1-15(2,3)21-14(20)18-9-5-8-16-12-6-4-7-13-17-10-11-19(12)13/h4,6-7,10-11,16H,5,8-9H2,1-3H3,(H,18,20). The first kappa shape index (κ1) is 15.2. The molecule has 114 valence electrons. The van der Waals surface area contributed by atoms with Crippen molar-refractivity contribution in [2.24, 2.45) is 0 Å². The highest BCUT2D eigenvalue weighted by molar-refractivity contribution is 5.67. The summed E-state index contributed by atoms with van der Waals surface area (Å²) >= 11 is 0. The molecule has 6 nitrogen and oxygen atoms in total. The number of carbonyl (C=O) groups excluding carboxylic acids is 1. The Hall–Kier alpha value is -2.24. The summed E-state index contributed by atoms with van der Waals surface area (Å²) < 4.78 is 7.15. The maximum absolute atomic E-state index is 11.5. The van der Waals surface area contributed by atoms with Crippen molar-refractivity contribution in [3.8, 4) is 0 Å². The number of carbonyl (C=O) groups is 1. The van der Waals surface area contributed by atoms with Crippen molar-refractivity contribution >= 4 is 17.6 Å². The number of hydrogen-bond acceptors (Lipinski definition) is 4. The minimum Gasteiger partial charge on any atom is -0.444 e. The van der Waals surface area contributed by atoms with Crippen LogP contribution in [0.5, 0.6) is 0 Å². The molecule has 2 heterocycles. The van der Waals surface area contributed by atoms with E-state index in [0.29, 0.717) is 6.54 Å². The first-order valence-electron chi connectivity index (χ1n) is 7.08. The number of fused-ring (bicyclic) bond motifs is 1. The molecule has 0 unspecified atom stereocenters. The van der Waals surface area contributed by atoms with Crippen molar-refractivity contribution in [3.05, 3.63) is 30.6 Å². The van der Waals surface area contributed by atoms with Gasteiger partial charge in [-0.05, 0) is 39.3 Å². The van der Waals surface area contributed by atoms with E-state index in [2.05, 4.69) is 15.6 Å². The molecule has 0 atom stereocenters. The molecule has 0 spiro atoms. The Morgan fingerprint density at radius 3 is 2.90 bits per heavy atom. The molecule has 2 aromatic rings. The van der Waals surface area contributed by atoms with E-state index in [1.54, 1.807) is 6.20 Å². The molecule has 2 rings (SSSR count). The lowest BCUT2D eigenvalue weighted by Crippen LogP contribution is -2.33. The van der Waals surface area contributed by atoms with Crippen LogP contribution >= 0.6 is 0 Å². The second-order valence-corrected chi connectivity index (χ2v) is 5.78. The summed E-state index contributed by atoms with van der Waals surface area (Å²) in [5.74, 6) is 0.988. The summed E-state index contributed by atoms with van der Waals surface area (Å²) in [6.07, 6.45) is 4.12. The monoisotopic (exact) mass is 290 g/mol. The highest BCUT2D eigenvalue weighted by Crippen LogP contribution is 2.10. The number of amides is 1. The number of anilines is 1. The fourth-order valence-electron chi connectivity index (χ4n) is 1.90. The summed E-state index contributed by atoms with van der Waals surface area (Å²) in [5.41, 5.74) is 0.450. The van der Waals surface area contributed by atoms with Gasteiger partial charge in [0.05, 0.1) is 0 Å². The minimum atomic E-state index is -0.459. The summed E-state index contributed by atoms with van der Waals surface area (Å²) in [6.45, 7) is 6.87. The lowest BCUT2D eigenvalue weighted by molar-refractivity contribution is 0.0528. The predicted octanol–water partition coefficient (Wildman–Crippen LogP) is 2.66. The Morgan fingerprint density at radius 1 is 1.33 bits per heavy atom. The quantitative estimate of drug-likeness (QED) is 0.831. The normalized spacial score (nSPS) is 11.4. The van der Waals surface area contributed by atoms with Crippen LogP contribution in [-0.2, 0) is 4.74 Å². The number of pyridine rings is 1. The summed E-state index contributed by atoms with van der Waals surface area (Å²) in [6, 6.07) is 5.91. The Balaban J connectivity index is 1.71. The van der Waals surface area contributed by atoms with Crippen molar-refractivity contribution < 1.29 is 9.53 Å². The zero-order valence-corrected chi connectivity index (χ0v) is 12.7. The molecule has 6 heteroatoms. The third-order valence-electron chi connectivity index (χ3n) is 2.76. The molecular formula is C15H22N4O2. The van der Waals surface area contributed by atoms with Gasteiger partial charge in [-0.2, -0.15) is 0 Å². The molecule has 0 saturated heterocycles. The van der Waals surface area contributed by atoms with Crippen LogP contribution in [0.4, 0.5) is 10.6 Å². The van der Waals surface area contributed by atoms with Crippen molar-refractivity contribution in [2.75, 3.05) is 18.4 Å². The topological polar surface area (TPSA) is 67.7 Å². The Bertz CT molecular complexity index is 601. The highest BCUT2D eigenvalue weighted by Gasteiger charge is 2.15. The number of imidazole rings is 1. The molecule has 0 aliphatic heterocycles. The molecule has 0 radical (unpaired) electrons. The van der Waals surface area contributed by atoms with Crippen LogP contribution in [0.1, 0.15) is 27.2 Å². The van der Waals surface area contributed by atoms with E-state index in [9.17, 15) is 4.79 Å². The van der Waals surface area contributed by atoms with Gasteiger partial charge in [-0.25, -0.2) is 9.78 Å². The van der Waals surface area contributed by atoms with Crippen molar-refractivity contribution in [2.45, 2.75) is 32.8 Å². The van der Waals surface area contributed by atoms with Crippen molar-refractivity contribution in [1.82, 2.24) is 14.7 Å². The van der Waals surface area contributed by atoms with E-state index in [1.807, 2.05) is 49.6 Å². The Morgan fingerprint density at radius 2 is 2.14 bits per heavy atom. The van der Waals surface area contributed by atoms with E-state index >= 15 is 0 Å². The third-order valence-corrected chi connectivity index (χ3v) is 2.76. The van der Waals surface area contributed by atoms with Crippen molar-refractivity contribution in [1.29, 1.82) is 0 Å². The fourth-order valence-corrected chi connectivity index (χ4v) is 1.90. The maximum atomic E-state index is 11.5. The zero-order chi connectivity index (χ0) is 15.3. The second kappa shape index (κ2) is 6.47. The van der Waals surface area contributed by atoms with Gasteiger partial charge in [0.2, 0.25) is 0 Å². The van der Waals surface area contributed by atoms with Gasteiger partial charge in [0.15, 0.2) is 0 Å². The fraction of sp³-hybridized carbons (Fsp3) is 0.467. The predicted molar refractivity (Wildman–Crippen MR) is 82.5 cm³/mol. The summed E-state index contributed by atoms with van der Waals surface area (Å²) in [7, 11) is 0. The van der Waals surface area contributed by atoms with Gasteiger partial charge in [-0.3, -0.25) is 4.40 Å². The number of nitrogens with one attached hydrogen (secondary N) is 2. The maximum Gasteiger partial charge on any atom is 0.407 e. The average molecular weight is 290 g/mol. The number of aromatic nitrogens is 2. The molecule has 21 heavy (non-hydrogen) atoms. The van der Waals surface area contributed by atoms with E-state index in [1.165, 1.54) is 0 Å². The molecule has 2 aromatic heterocycles. The molecule has 2 N–H and O–H groups in total. The summed E-state index contributed by atoms with van der Waals surface area (Å²) in [5, 5.41) is 6.06. The molecule has 1 amide bonds. The SMILES string of the molecule is CC(C)(C)OC(=O)NCCCNc1cccc2nccn12. The minimum absolute atomic E-state index is 0.376. The van der Waals surface area contributed by atoms with E-state index in [4.69, 9.17) is 4.74 Å². The van der Waals surface area contributed by atoms with Crippen molar-refractivity contribution in [3.63, 3.8) is 0 Å². The van der Waals surface area contributed by atoms with Crippen LogP contribution in [-0.4, -0.2) is 34.2 Å². The molecule has 0 aliphatic rings. The molecule has 0 saturated carbocycles. The van der Waals surface area contributed by atoms with Crippen LogP contribution in [0, 0.1) is 0 Å². The van der Waals surface area contributed by atoms with Gasteiger partial charge in [0, 0.05) is 25.5 Å². The zero-order valence-electron chi connectivity index (χ0n) is 12.7. The number of ether oxygens (including phenoxy) is 1. The van der Waals surface area contributed by atoms with E-state index < -0.39 is 5.60 Å². The highest BCUT2D eigenvalue weighted by atomic mass is 16.6. The van der Waals surface area contributed by atoms with Gasteiger partial charge in [0.1, 0.15) is 17.1 Å². The average Bonchev–Trinajstić information content (AvgIpc) is 2.85. The first-order chi connectivity index (χ1) is 9.96. The van der Waals surface area contributed by atoms with Gasteiger partial charge in [-0.15, -0.1) is 0 Å². The second-order valence-electron chi connectivity index (χ2n) is 5.78. The van der Waals surface area contributed by atoms with Gasteiger partial charge < -0.3 is 15.4 Å². The molecule has 0 aromatic carbocycles. The van der Waals surface area contributed by atoms with Crippen LogP contribution in [0.2, 0.25) is 0 Å². The molecule has 0 fully saturated rings. The number of alkyl carbamates (subject to hydrolysis) is 1. The Kier molecular flexibility index (Phi) is 4.67. The van der Waals surface area contributed by atoms with Crippen LogP contribution < -0.4 is 10.6 Å². The van der Waals surface area contributed by atoms with Crippen LogP contribution in [0.25, 0.3) is 5.65 Å². The first-order valence-corrected chi connectivity index (χ1v) is 7.08. The lowest BCUT2D eigenvalue weighted by Gasteiger charge is -2.19.